The number of hydrogen-bond donors (Lipinski definition) is 0. The molecule has 0 aromatic heterocycles. The summed E-state index contributed by atoms with van der Waals surface area (Å²) in [5, 5.41) is 0. The van der Waals surface area contributed by atoms with E-state index in [1.54, 1.807) is 0 Å². The van der Waals surface area contributed by atoms with Crippen molar-refractivity contribution in [3.05, 3.63) is 0 Å². The normalized spacial score (nSPS) is 21.1. The summed E-state index contributed by atoms with van der Waals surface area (Å²) >= 11 is 0. The van der Waals surface area contributed by atoms with E-state index in [1.807, 2.05) is 0 Å². The average Bonchev–Trinajstić information content (AvgIpc) is 1.79. The molecule has 1 fully saturated rings. The minimum Gasteiger partial charge on any atom is -0.432 e. The Morgan fingerprint density at radius 2 is 2.00 bits per heavy atom. The summed E-state index contributed by atoms with van der Waals surface area (Å²) in [6, 6.07) is 0. The molecular formula is C5H8O4. The van der Waals surface area contributed by atoms with E-state index in [9.17, 15) is 4.79 Å². The zero-order valence-electron chi connectivity index (χ0n) is 4.96. The quantitative estimate of drug-likeness (QED) is 0.362. The van der Waals surface area contributed by atoms with E-state index in [0.29, 0.717) is 13.2 Å². The van der Waals surface area contributed by atoms with Crippen LogP contribution in [0.1, 0.15) is 12.8 Å². The predicted octanol–water partition coefficient (Wildman–Crippen LogP) is 0.865. The second-order valence-electron chi connectivity index (χ2n) is 1.71. The summed E-state index contributed by atoms with van der Waals surface area (Å²) in [4.78, 5) is 18.8. The van der Waals surface area contributed by atoms with Crippen LogP contribution in [-0.4, -0.2) is 19.4 Å². The minimum atomic E-state index is -0.741. The number of carbonyl (C=O) groups excluding carboxylic acids is 1. The fourth-order valence-electron chi connectivity index (χ4n) is 0.532. The fourth-order valence-corrected chi connectivity index (χ4v) is 0.532. The number of rotatable bonds is 0. The number of ether oxygens (including phenoxy) is 1. The molecule has 1 rings (SSSR count). The maximum Gasteiger partial charge on any atom is 0.540 e. The zero-order chi connectivity index (χ0) is 6.53. The van der Waals surface area contributed by atoms with Gasteiger partial charge in [-0.3, -0.25) is 4.89 Å². The van der Waals surface area contributed by atoms with E-state index in [-0.39, 0.29) is 0 Å². The van der Waals surface area contributed by atoms with Crippen molar-refractivity contribution < 1.29 is 19.3 Å². The van der Waals surface area contributed by atoms with Crippen LogP contribution >= 0.6 is 0 Å². The highest BCUT2D eigenvalue weighted by Gasteiger charge is 2.07. The Kier molecular flexibility index (Phi) is 2.32. The molecule has 0 saturated carbocycles. The first-order valence-electron chi connectivity index (χ1n) is 2.86. The van der Waals surface area contributed by atoms with E-state index >= 15 is 0 Å². The highest BCUT2D eigenvalue weighted by molar-refractivity contribution is 5.58. The first kappa shape index (κ1) is 6.35. The molecule has 0 unspecified atom stereocenters. The lowest BCUT2D eigenvalue weighted by molar-refractivity contribution is -0.260. The maximum atomic E-state index is 10.3. The lowest BCUT2D eigenvalue weighted by Crippen LogP contribution is -2.13. The van der Waals surface area contributed by atoms with Crippen LogP contribution in [0.3, 0.4) is 0 Å². The molecule has 1 saturated heterocycles. The summed E-state index contributed by atoms with van der Waals surface area (Å²) in [7, 11) is 0. The Hall–Kier alpha value is -0.770. The topological polar surface area (TPSA) is 44.8 Å². The molecule has 0 aromatic rings. The number of carbonyl (C=O) groups is 1. The highest BCUT2D eigenvalue weighted by atomic mass is 17.2. The standard InChI is InChI=1S/C5H8O4/c6-5-7-3-1-2-4-8-9-5/h1-4H2. The molecule has 4 nitrogen and oxygen atoms in total. The largest absolute Gasteiger partial charge is 0.540 e. The summed E-state index contributed by atoms with van der Waals surface area (Å²) in [6.07, 6.45) is 0.970. The van der Waals surface area contributed by atoms with Crippen molar-refractivity contribution in [2.75, 3.05) is 13.2 Å². The van der Waals surface area contributed by atoms with Gasteiger partial charge in [-0.15, -0.1) is 0 Å². The van der Waals surface area contributed by atoms with Crippen molar-refractivity contribution >= 4 is 6.16 Å². The van der Waals surface area contributed by atoms with E-state index in [1.165, 1.54) is 0 Å². The van der Waals surface area contributed by atoms with Crippen LogP contribution in [0.4, 0.5) is 4.79 Å². The Bertz CT molecular complexity index is 91.1. The average molecular weight is 132 g/mol. The van der Waals surface area contributed by atoms with E-state index < -0.39 is 6.16 Å². The molecule has 0 atom stereocenters. The van der Waals surface area contributed by atoms with Crippen LogP contribution in [0, 0.1) is 0 Å². The van der Waals surface area contributed by atoms with Gasteiger partial charge in [-0.25, -0.2) is 4.79 Å². The molecule has 0 radical (unpaired) electrons. The van der Waals surface area contributed by atoms with E-state index in [0.717, 1.165) is 12.8 Å². The van der Waals surface area contributed by atoms with Gasteiger partial charge in [0.15, 0.2) is 0 Å². The van der Waals surface area contributed by atoms with Crippen LogP contribution < -0.4 is 0 Å². The molecule has 0 spiro atoms. The van der Waals surface area contributed by atoms with Crippen molar-refractivity contribution in [3.63, 3.8) is 0 Å². The molecule has 0 bridgehead atoms. The zero-order valence-corrected chi connectivity index (χ0v) is 4.96. The van der Waals surface area contributed by atoms with Crippen molar-refractivity contribution in [3.8, 4) is 0 Å². The van der Waals surface area contributed by atoms with Gasteiger partial charge in [-0.05, 0) is 12.8 Å². The van der Waals surface area contributed by atoms with Gasteiger partial charge in [0.25, 0.3) is 0 Å². The minimum absolute atomic E-state index is 0.433. The predicted molar refractivity (Wildman–Crippen MR) is 27.6 cm³/mol. The van der Waals surface area contributed by atoms with Gasteiger partial charge in [-0.2, -0.15) is 4.89 Å². The van der Waals surface area contributed by atoms with Crippen molar-refractivity contribution in [2.24, 2.45) is 0 Å². The molecule has 1 heterocycles. The van der Waals surface area contributed by atoms with Gasteiger partial charge >= 0.3 is 6.16 Å². The molecule has 0 amide bonds. The third kappa shape index (κ3) is 2.32. The van der Waals surface area contributed by atoms with Crippen LogP contribution in [0.2, 0.25) is 0 Å². The van der Waals surface area contributed by atoms with Crippen molar-refractivity contribution in [1.29, 1.82) is 0 Å². The molecule has 1 aliphatic heterocycles. The molecular weight excluding hydrogens is 124 g/mol. The van der Waals surface area contributed by atoms with Crippen LogP contribution in [0.25, 0.3) is 0 Å². The summed E-state index contributed by atoms with van der Waals surface area (Å²) in [5.74, 6) is 0. The third-order valence-corrected chi connectivity index (χ3v) is 0.969. The van der Waals surface area contributed by atoms with Gasteiger partial charge in [0.05, 0.1) is 13.2 Å². The molecule has 0 aliphatic carbocycles. The number of cyclic esters (lactones) is 1. The Morgan fingerprint density at radius 1 is 1.22 bits per heavy atom. The Labute approximate surface area is 52.6 Å². The molecule has 0 aromatic carbocycles. The molecule has 4 heteroatoms. The maximum absolute atomic E-state index is 10.3. The Balaban J connectivity index is 2.20. The molecule has 0 N–H and O–H groups in total. The fraction of sp³-hybridized carbons (Fsp3) is 0.800. The number of hydrogen-bond acceptors (Lipinski definition) is 4. The van der Waals surface area contributed by atoms with Gasteiger partial charge in [0, 0.05) is 0 Å². The van der Waals surface area contributed by atoms with E-state index in [2.05, 4.69) is 14.5 Å². The SMILES string of the molecule is O=C1OCCCCOO1. The monoisotopic (exact) mass is 132 g/mol. The highest BCUT2D eigenvalue weighted by Crippen LogP contribution is 1.98. The molecule has 1 aliphatic rings. The molecule has 9 heavy (non-hydrogen) atoms. The summed E-state index contributed by atoms with van der Waals surface area (Å²) in [5.41, 5.74) is 0. The van der Waals surface area contributed by atoms with Gasteiger partial charge < -0.3 is 4.74 Å². The first-order valence-corrected chi connectivity index (χ1v) is 2.86. The van der Waals surface area contributed by atoms with Crippen LogP contribution in [-0.2, 0) is 14.5 Å². The Morgan fingerprint density at radius 3 is 2.89 bits per heavy atom. The lowest BCUT2D eigenvalue weighted by Gasteiger charge is -2.07. The van der Waals surface area contributed by atoms with Gasteiger partial charge in [0.1, 0.15) is 0 Å². The lowest BCUT2D eigenvalue weighted by atomic mass is 10.3. The second-order valence-corrected chi connectivity index (χ2v) is 1.71. The molecule has 52 valence electrons. The smallest absolute Gasteiger partial charge is 0.432 e. The van der Waals surface area contributed by atoms with Crippen LogP contribution in [0.15, 0.2) is 0 Å². The summed E-state index contributed by atoms with van der Waals surface area (Å²) in [6.45, 7) is 0.900. The van der Waals surface area contributed by atoms with E-state index in [4.69, 9.17) is 0 Å². The summed E-state index contributed by atoms with van der Waals surface area (Å²) < 4.78 is 4.50. The van der Waals surface area contributed by atoms with Crippen LogP contribution in [0.5, 0.6) is 0 Å². The third-order valence-electron chi connectivity index (χ3n) is 0.969. The van der Waals surface area contributed by atoms with Gasteiger partial charge in [-0.1, -0.05) is 0 Å². The first-order chi connectivity index (χ1) is 4.39. The van der Waals surface area contributed by atoms with Crippen molar-refractivity contribution in [2.45, 2.75) is 12.8 Å². The second kappa shape index (κ2) is 3.29. The van der Waals surface area contributed by atoms with Crippen molar-refractivity contribution in [1.82, 2.24) is 0 Å². The van der Waals surface area contributed by atoms with Gasteiger partial charge in [0.2, 0.25) is 0 Å².